The highest BCUT2D eigenvalue weighted by Gasteiger charge is 2.50. The number of phenolic OH excluding ortho intramolecular Hbond substituents is 2. The largest absolute Gasteiger partial charge is 0.507 e. The van der Waals surface area contributed by atoms with E-state index in [-0.39, 0.29) is 39.5 Å². The second-order valence-corrected chi connectivity index (χ2v) is 9.49. The molecule has 3 aromatic rings. The van der Waals surface area contributed by atoms with Crippen molar-refractivity contribution < 1.29 is 69.6 Å². The van der Waals surface area contributed by atoms with Gasteiger partial charge in [-0.15, -0.1) is 0 Å². The Hall–Kier alpha value is -3.51. The molecule has 9 atom stereocenters. The maximum Gasteiger partial charge on any atom is 0.229 e. The van der Waals surface area contributed by atoms with Crippen LogP contribution < -0.4 is 15.1 Å². The van der Waals surface area contributed by atoms with Gasteiger partial charge in [-0.25, -0.2) is 0 Å². The van der Waals surface area contributed by atoms with Crippen LogP contribution in [-0.4, -0.2) is 108 Å². The van der Waals surface area contributed by atoms with Crippen molar-refractivity contribution in [3.63, 3.8) is 0 Å². The summed E-state index contributed by atoms with van der Waals surface area (Å²) in [4.78, 5) is 22.1. The van der Waals surface area contributed by atoms with E-state index in [4.69, 9.17) is 18.8 Å². The second kappa shape index (κ2) is 12.2. The van der Waals surface area contributed by atoms with E-state index in [0.29, 0.717) is 0 Å². The average molecular weight is 583 g/mol. The van der Waals surface area contributed by atoms with Gasteiger partial charge in [0.2, 0.25) is 12.0 Å². The predicted octanol–water partition coefficient (Wildman–Crippen LogP) is -1.54. The van der Waals surface area contributed by atoms with Crippen LogP contribution in [0.2, 0.25) is 0 Å². The van der Waals surface area contributed by atoms with Crippen LogP contribution >= 0.6 is 0 Å². The maximum atomic E-state index is 12.8. The summed E-state index contributed by atoms with van der Waals surface area (Å²) in [6, 6.07) is 7.30. The molecule has 1 unspecified atom stereocenters. The zero-order valence-corrected chi connectivity index (χ0v) is 21.6. The number of aliphatic hydroxyl groups excluding tert-OH is 7. The average Bonchev–Trinajstić information content (AvgIpc) is 2.92. The summed E-state index contributed by atoms with van der Waals surface area (Å²) >= 11 is 0. The number of rotatable bonds is 9. The predicted molar refractivity (Wildman–Crippen MR) is 136 cm³/mol. The summed E-state index contributed by atoms with van der Waals surface area (Å²) in [5.41, 5.74) is -0.575. The van der Waals surface area contributed by atoms with E-state index in [9.17, 15) is 50.8 Å². The highest BCUT2D eigenvalue weighted by molar-refractivity contribution is 5.86. The first-order valence-corrected chi connectivity index (χ1v) is 12.3. The van der Waals surface area contributed by atoms with Crippen LogP contribution in [0.5, 0.6) is 23.0 Å². The normalized spacial score (nSPS) is 25.8. The number of hydrogen-bond acceptors (Lipinski definition) is 15. The molecule has 0 spiro atoms. The molecular weight excluding hydrogens is 552 g/mol. The number of phenols is 2. The fourth-order valence-electron chi connectivity index (χ4n) is 4.35. The molecular formula is C26H30O15. The molecule has 1 saturated heterocycles. The lowest BCUT2D eigenvalue weighted by atomic mass is 9.90. The molecule has 4 rings (SSSR count). The Bertz CT molecular complexity index is 1420. The molecule has 0 aliphatic carbocycles. The van der Waals surface area contributed by atoms with Gasteiger partial charge in [0, 0.05) is 23.8 Å². The number of aromatic hydroxyl groups is 2. The lowest BCUT2D eigenvalue weighted by molar-refractivity contribution is -0.298. The van der Waals surface area contributed by atoms with E-state index < -0.39 is 66.3 Å². The molecule has 0 radical (unpaired) electrons. The van der Waals surface area contributed by atoms with Crippen molar-refractivity contribution in [2.45, 2.75) is 62.0 Å². The third-order valence-electron chi connectivity index (χ3n) is 6.59. The highest BCUT2D eigenvalue weighted by Crippen LogP contribution is 2.36. The fourth-order valence-corrected chi connectivity index (χ4v) is 4.35. The van der Waals surface area contributed by atoms with Gasteiger partial charge in [0.05, 0.1) is 13.2 Å². The number of ether oxygens (including phenoxy) is 2. The molecule has 15 nitrogen and oxygen atoms in total. The molecule has 0 bridgehead atoms. The van der Waals surface area contributed by atoms with Gasteiger partial charge in [0.25, 0.3) is 0 Å². The Morgan fingerprint density at radius 3 is 2.22 bits per heavy atom. The third kappa shape index (κ3) is 6.08. The zero-order chi connectivity index (χ0) is 30.2. The first-order chi connectivity index (χ1) is 19.3. The number of benzene rings is 2. The number of fused-ring (bicyclic) bond motifs is 1. The van der Waals surface area contributed by atoms with Crippen LogP contribution in [0.1, 0.15) is 6.92 Å². The van der Waals surface area contributed by atoms with Crippen molar-refractivity contribution in [3.8, 4) is 34.3 Å². The molecule has 2 aromatic carbocycles. The monoisotopic (exact) mass is 582 g/mol. The minimum Gasteiger partial charge on any atom is -0.507 e. The summed E-state index contributed by atoms with van der Waals surface area (Å²) in [6.45, 7) is 1.15. The van der Waals surface area contributed by atoms with E-state index in [1.807, 2.05) is 0 Å². The van der Waals surface area contributed by atoms with Gasteiger partial charge >= 0.3 is 0 Å². The van der Waals surface area contributed by atoms with Crippen molar-refractivity contribution >= 4 is 11.0 Å². The van der Waals surface area contributed by atoms with E-state index in [1.165, 1.54) is 25.3 Å². The zero-order valence-electron chi connectivity index (χ0n) is 21.6. The fraction of sp³-hybridized carbons (Fsp3) is 0.423. The topological polar surface area (TPSA) is 249 Å². The quantitative estimate of drug-likeness (QED) is 0.102. The molecule has 0 amide bonds. The Labute approximate surface area is 231 Å². The van der Waals surface area contributed by atoms with Gasteiger partial charge in [-0.3, -0.25) is 4.79 Å². The van der Waals surface area contributed by atoms with Crippen LogP contribution in [0.25, 0.3) is 22.3 Å². The Kier molecular flexibility index (Phi) is 9.03. The maximum absolute atomic E-state index is 12.8. The number of aliphatic hydroxyl groups is 7. The molecule has 1 aliphatic rings. The van der Waals surface area contributed by atoms with Crippen molar-refractivity contribution in [3.05, 3.63) is 46.6 Å². The molecule has 9 N–H and O–H groups in total. The molecule has 224 valence electrons. The second-order valence-electron chi connectivity index (χ2n) is 9.49. The molecule has 1 aliphatic heterocycles. The molecule has 1 fully saturated rings. The van der Waals surface area contributed by atoms with Gasteiger partial charge < -0.3 is 64.7 Å². The standard InChI is InChI=1S/C26H30O15/c1-9(27)19(31)20(32)22(34)25-23(35)21(33)24(36)26(40-25)38-11-6-13(29)18-14(30)8-16(39-17(18)7-11)10-3-4-15(41-37-2)12(28)5-10/h3-9,19-29,31-36H,1-2H3/t9-,19-,20+,21+,22-,23+,24-,25-,26?/m1/s1. The lowest BCUT2D eigenvalue weighted by Gasteiger charge is -2.43. The van der Waals surface area contributed by atoms with Crippen LogP contribution in [0.4, 0.5) is 0 Å². The summed E-state index contributed by atoms with van der Waals surface area (Å²) in [5, 5.41) is 91.5. The third-order valence-corrected chi connectivity index (χ3v) is 6.59. The summed E-state index contributed by atoms with van der Waals surface area (Å²) < 4.78 is 16.7. The van der Waals surface area contributed by atoms with Crippen molar-refractivity contribution in [1.29, 1.82) is 0 Å². The highest BCUT2D eigenvalue weighted by atomic mass is 17.2. The van der Waals surface area contributed by atoms with Crippen molar-refractivity contribution in [2.24, 2.45) is 0 Å². The van der Waals surface area contributed by atoms with Gasteiger partial charge in [-0.1, -0.05) is 0 Å². The molecule has 1 aromatic heterocycles. The van der Waals surface area contributed by atoms with Crippen LogP contribution in [0, 0.1) is 0 Å². The molecule has 41 heavy (non-hydrogen) atoms. The Morgan fingerprint density at radius 2 is 1.59 bits per heavy atom. The van der Waals surface area contributed by atoms with E-state index in [1.54, 1.807) is 0 Å². The molecule has 15 heteroatoms. The van der Waals surface area contributed by atoms with E-state index in [0.717, 1.165) is 25.1 Å². The van der Waals surface area contributed by atoms with Crippen LogP contribution in [-0.2, 0) is 9.62 Å². The first-order valence-electron chi connectivity index (χ1n) is 12.3. The summed E-state index contributed by atoms with van der Waals surface area (Å²) in [7, 11) is 1.25. The molecule has 0 saturated carbocycles. The smallest absolute Gasteiger partial charge is 0.229 e. The van der Waals surface area contributed by atoms with Crippen LogP contribution in [0.3, 0.4) is 0 Å². The summed E-state index contributed by atoms with van der Waals surface area (Å²) in [5.74, 6) is -1.16. The van der Waals surface area contributed by atoms with Crippen molar-refractivity contribution in [2.75, 3.05) is 7.11 Å². The Balaban J connectivity index is 1.65. The minimum absolute atomic E-state index is 0.00221. The molecule has 2 heterocycles. The van der Waals surface area contributed by atoms with E-state index in [2.05, 4.69) is 4.89 Å². The van der Waals surface area contributed by atoms with E-state index >= 15 is 0 Å². The van der Waals surface area contributed by atoms with Gasteiger partial charge in [0.1, 0.15) is 71.0 Å². The SMILES string of the molecule is COOc1ccc(-c2cc(=O)c3c(O)cc(OC4O[C@H]([C@H](O)[C@@H](O)[C@H](O)[C@@H](C)O)[C@@H](O)[C@H](O)[C@H]4O)cc3o2)cc1O. The minimum atomic E-state index is -2.05. The number of hydrogen-bond donors (Lipinski definition) is 9. The lowest BCUT2D eigenvalue weighted by Crippen LogP contribution is -2.64. The van der Waals surface area contributed by atoms with Gasteiger partial charge in [0.15, 0.2) is 11.2 Å². The van der Waals surface area contributed by atoms with Gasteiger partial charge in [-0.2, -0.15) is 4.89 Å². The summed E-state index contributed by atoms with van der Waals surface area (Å²) in [6.07, 6.45) is -16.8. The first kappa shape index (κ1) is 30.4. The van der Waals surface area contributed by atoms with Crippen molar-refractivity contribution in [1.82, 2.24) is 0 Å². The van der Waals surface area contributed by atoms with Gasteiger partial charge in [-0.05, 0) is 25.1 Å². The van der Waals surface area contributed by atoms with Crippen LogP contribution in [0.15, 0.2) is 45.6 Å². The Morgan fingerprint density at radius 1 is 0.878 bits per heavy atom.